The van der Waals surface area contributed by atoms with E-state index in [-0.39, 0.29) is 12.4 Å². The van der Waals surface area contributed by atoms with Gasteiger partial charge < -0.3 is 10.0 Å². The van der Waals surface area contributed by atoms with Gasteiger partial charge in [-0.25, -0.2) is 4.39 Å². The Bertz CT molecular complexity index is 452. The average Bonchev–Trinajstić information content (AvgIpc) is 2.46. The van der Waals surface area contributed by atoms with Gasteiger partial charge in [0.25, 0.3) is 0 Å². The number of aliphatic hydroxyl groups excluding tert-OH is 1. The number of aliphatic hydroxyl groups is 1. The molecule has 2 aliphatic rings. The maximum absolute atomic E-state index is 13.6. The number of halogens is 1. The van der Waals surface area contributed by atoms with Crippen molar-refractivity contribution in [3.63, 3.8) is 0 Å². The molecule has 0 saturated carbocycles. The topological polar surface area (TPSA) is 26.7 Å². The molecule has 2 fully saturated rings. The van der Waals surface area contributed by atoms with Gasteiger partial charge in [0, 0.05) is 31.4 Å². The molecule has 1 aromatic carbocycles. The maximum atomic E-state index is 13.6. The van der Waals surface area contributed by atoms with Gasteiger partial charge in [-0.2, -0.15) is 0 Å². The average molecular weight is 264 g/mol. The fourth-order valence-electron chi connectivity index (χ4n) is 3.30. The molecule has 3 rings (SSSR count). The van der Waals surface area contributed by atoms with E-state index in [1.165, 1.54) is 31.9 Å². The molecule has 2 heterocycles. The van der Waals surface area contributed by atoms with Crippen molar-refractivity contribution < 1.29 is 9.50 Å². The molecule has 0 bridgehead atoms. The zero-order valence-corrected chi connectivity index (χ0v) is 11.2. The van der Waals surface area contributed by atoms with E-state index in [1.807, 2.05) is 6.07 Å². The second kappa shape index (κ2) is 5.47. The van der Waals surface area contributed by atoms with Crippen LogP contribution in [0.25, 0.3) is 0 Å². The Morgan fingerprint density at radius 2 is 2.05 bits per heavy atom. The first-order valence-electron chi connectivity index (χ1n) is 7.15. The fourth-order valence-corrected chi connectivity index (χ4v) is 3.30. The Labute approximate surface area is 113 Å². The van der Waals surface area contributed by atoms with Crippen LogP contribution in [0.2, 0.25) is 0 Å². The first-order valence-corrected chi connectivity index (χ1v) is 7.15. The van der Waals surface area contributed by atoms with E-state index < -0.39 is 0 Å². The van der Waals surface area contributed by atoms with Crippen molar-refractivity contribution >= 4 is 5.69 Å². The molecular weight excluding hydrogens is 243 g/mol. The summed E-state index contributed by atoms with van der Waals surface area (Å²) in [7, 11) is 0. The molecule has 1 aromatic rings. The van der Waals surface area contributed by atoms with E-state index in [9.17, 15) is 9.50 Å². The molecule has 0 aromatic heterocycles. The zero-order chi connectivity index (χ0) is 13.2. The summed E-state index contributed by atoms with van der Waals surface area (Å²) in [5.74, 6) is -0.257. The molecule has 3 nitrogen and oxygen atoms in total. The summed E-state index contributed by atoms with van der Waals surface area (Å²) < 4.78 is 13.6. The van der Waals surface area contributed by atoms with Crippen LogP contribution >= 0.6 is 0 Å². The first-order chi connectivity index (χ1) is 9.26. The number of fused-ring (bicyclic) bond motifs is 1. The minimum atomic E-state index is -0.257. The molecule has 0 amide bonds. The van der Waals surface area contributed by atoms with E-state index in [0.29, 0.717) is 11.6 Å². The van der Waals surface area contributed by atoms with Crippen molar-refractivity contribution in [1.29, 1.82) is 0 Å². The summed E-state index contributed by atoms with van der Waals surface area (Å²) in [6.07, 6.45) is 3.86. The van der Waals surface area contributed by atoms with E-state index in [2.05, 4.69) is 9.80 Å². The van der Waals surface area contributed by atoms with E-state index in [1.54, 1.807) is 6.07 Å². The SMILES string of the molecule is OCc1cc(F)cc(N2CCN3CCCCC3C2)c1. The van der Waals surface area contributed by atoms with Crippen LogP contribution in [0.15, 0.2) is 18.2 Å². The number of anilines is 1. The van der Waals surface area contributed by atoms with Gasteiger partial charge in [-0.3, -0.25) is 4.90 Å². The smallest absolute Gasteiger partial charge is 0.125 e. The molecule has 104 valence electrons. The van der Waals surface area contributed by atoms with Crippen LogP contribution in [0.3, 0.4) is 0 Å². The number of piperazine rings is 1. The van der Waals surface area contributed by atoms with Gasteiger partial charge in [-0.05, 0) is 43.1 Å². The highest BCUT2D eigenvalue weighted by atomic mass is 19.1. The summed E-state index contributed by atoms with van der Waals surface area (Å²) in [6, 6.07) is 5.50. The molecule has 0 aliphatic carbocycles. The van der Waals surface area contributed by atoms with Crippen molar-refractivity contribution in [3.8, 4) is 0 Å². The van der Waals surface area contributed by atoms with Gasteiger partial charge in [0.05, 0.1) is 6.61 Å². The monoisotopic (exact) mass is 264 g/mol. The Hall–Kier alpha value is -1.13. The molecule has 1 atom stereocenters. The predicted octanol–water partition coefficient (Wildman–Crippen LogP) is 1.99. The first kappa shape index (κ1) is 12.9. The summed E-state index contributed by atoms with van der Waals surface area (Å²) in [4.78, 5) is 4.82. The molecule has 2 aliphatic heterocycles. The quantitative estimate of drug-likeness (QED) is 0.885. The highest BCUT2D eigenvalue weighted by molar-refractivity contribution is 5.49. The fraction of sp³-hybridized carbons (Fsp3) is 0.600. The van der Waals surface area contributed by atoms with Crippen molar-refractivity contribution in [1.82, 2.24) is 4.90 Å². The lowest BCUT2D eigenvalue weighted by Gasteiger charge is -2.45. The van der Waals surface area contributed by atoms with Crippen LogP contribution in [0.1, 0.15) is 24.8 Å². The largest absolute Gasteiger partial charge is 0.392 e. The molecule has 1 unspecified atom stereocenters. The third-order valence-electron chi connectivity index (χ3n) is 4.33. The Balaban J connectivity index is 1.77. The van der Waals surface area contributed by atoms with E-state index in [0.717, 1.165) is 25.3 Å². The van der Waals surface area contributed by atoms with E-state index in [4.69, 9.17) is 0 Å². The number of nitrogens with zero attached hydrogens (tertiary/aromatic N) is 2. The minimum absolute atomic E-state index is 0.103. The second-order valence-corrected chi connectivity index (χ2v) is 5.61. The normalized spacial score (nSPS) is 24.3. The molecule has 1 N–H and O–H groups in total. The number of benzene rings is 1. The van der Waals surface area contributed by atoms with Crippen molar-refractivity contribution in [2.45, 2.75) is 31.9 Å². The molecule has 2 saturated heterocycles. The van der Waals surface area contributed by atoms with Crippen LogP contribution < -0.4 is 4.90 Å². The zero-order valence-electron chi connectivity index (χ0n) is 11.2. The van der Waals surface area contributed by atoms with Crippen molar-refractivity contribution in [3.05, 3.63) is 29.6 Å². The van der Waals surface area contributed by atoms with Gasteiger partial charge in [0.1, 0.15) is 5.82 Å². The lowest BCUT2D eigenvalue weighted by Crippen LogP contribution is -2.54. The van der Waals surface area contributed by atoms with Crippen molar-refractivity contribution in [2.75, 3.05) is 31.1 Å². The van der Waals surface area contributed by atoms with Gasteiger partial charge in [0.2, 0.25) is 0 Å². The summed E-state index contributed by atoms with van der Waals surface area (Å²) in [5.41, 5.74) is 1.57. The second-order valence-electron chi connectivity index (χ2n) is 5.61. The highest BCUT2D eigenvalue weighted by Gasteiger charge is 2.29. The van der Waals surface area contributed by atoms with Gasteiger partial charge in [-0.1, -0.05) is 6.42 Å². The predicted molar refractivity (Wildman–Crippen MR) is 73.7 cm³/mol. The summed E-state index contributed by atoms with van der Waals surface area (Å²) >= 11 is 0. The molecule has 0 spiro atoms. The van der Waals surface area contributed by atoms with Crippen LogP contribution in [0.4, 0.5) is 10.1 Å². The lowest BCUT2D eigenvalue weighted by molar-refractivity contribution is 0.133. The maximum Gasteiger partial charge on any atom is 0.125 e. The third kappa shape index (κ3) is 2.74. The van der Waals surface area contributed by atoms with Crippen LogP contribution in [0.5, 0.6) is 0 Å². The lowest BCUT2D eigenvalue weighted by atomic mass is 9.99. The summed E-state index contributed by atoms with van der Waals surface area (Å²) in [5, 5.41) is 9.18. The highest BCUT2D eigenvalue weighted by Crippen LogP contribution is 2.26. The Morgan fingerprint density at radius 3 is 2.89 bits per heavy atom. The number of hydrogen-bond donors (Lipinski definition) is 1. The van der Waals surface area contributed by atoms with Gasteiger partial charge in [-0.15, -0.1) is 0 Å². The molecule has 4 heteroatoms. The Morgan fingerprint density at radius 1 is 1.16 bits per heavy atom. The van der Waals surface area contributed by atoms with Crippen LogP contribution in [-0.4, -0.2) is 42.2 Å². The summed E-state index contributed by atoms with van der Waals surface area (Å²) in [6.45, 7) is 4.10. The van der Waals surface area contributed by atoms with Gasteiger partial charge >= 0.3 is 0 Å². The number of hydrogen-bond acceptors (Lipinski definition) is 3. The van der Waals surface area contributed by atoms with Crippen LogP contribution in [0, 0.1) is 5.82 Å². The van der Waals surface area contributed by atoms with E-state index >= 15 is 0 Å². The minimum Gasteiger partial charge on any atom is -0.392 e. The van der Waals surface area contributed by atoms with Gasteiger partial charge in [0.15, 0.2) is 0 Å². The molecule has 19 heavy (non-hydrogen) atoms. The number of piperidine rings is 1. The molecular formula is C15H21FN2O. The number of rotatable bonds is 2. The Kier molecular flexibility index (Phi) is 3.71. The van der Waals surface area contributed by atoms with Crippen molar-refractivity contribution in [2.24, 2.45) is 0 Å². The third-order valence-corrected chi connectivity index (χ3v) is 4.33. The molecule has 0 radical (unpaired) electrons. The van der Waals surface area contributed by atoms with Crippen LogP contribution in [-0.2, 0) is 6.61 Å². The standard InChI is InChI=1S/C15H21FN2O/c16-13-7-12(11-19)8-15(9-13)18-6-5-17-4-2-1-3-14(17)10-18/h7-9,14,19H,1-6,10-11H2.